The first-order valence-corrected chi connectivity index (χ1v) is 6.08. The van der Waals surface area contributed by atoms with Crippen LogP contribution in [0.5, 0.6) is 0 Å². The maximum atomic E-state index is 11.9. The van der Waals surface area contributed by atoms with Gasteiger partial charge in [-0.25, -0.2) is 0 Å². The Labute approximate surface area is 110 Å². The van der Waals surface area contributed by atoms with E-state index in [9.17, 15) is 10.0 Å². The lowest BCUT2D eigenvalue weighted by atomic mass is 9.93. The Bertz CT molecular complexity index is 476. The second-order valence-electron chi connectivity index (χ2n) is 4.72. The van der Waals surface area contributed by atoms with Crippen molar-refractivity contribution in [3.63, 3.8) is 0 Å². The molecule has 0 aliphatic carbocycles. The Kier molecular flexibility index (Phi) is 3.45. The number of hydrogen-bond donors (Lipinski definition) is 0. The van der Waals surface area contributed by atoms with E-state index in [1.54, 1.807) is 11.0 Å². The van der Waals surface area contributed by atoms with Crippen molar-refractivity contribution in [2.45, 2.75) is 19.4 Å². The van der Waals surface area contributed by atoms with E-state index in [0.717, 1.165) is 5.56 Å². The van der Waals surface area contributed by atoms with Gasteiger partial charge in [-0.1, -0.05) is 0 Å². The average Bonchev–Trinajstić information content (AvgIpc) is 2.33. The van der Waals surface area contributed by atoms with E-state index in [1.807, 2.05) is 13.8 Å². The Hall–Kier alpha value is -1.33. The average molecular weight is 271 g/mol. The quantitative estimate of drug-likeness (QED) is 0.459. The molecule has 1 saturated heterocycles. The molecule has 6 heteroatoms. The van der Waals surface area contributed by atoms with E-state index in [1.165, 1.54) is 12.3 Å². The number of carbonyl (C=O) groups is 1. The lowest BCUT2D eigenvalue weighted by Crippen LogP contribution is -2.52. The summed E-state index contributed by atoms with van der Waals surface area (Å²) in [5.41, 5.74) is 0.189. The maximum absolute atomic E-state index is 11.9. The van der Waals surface area contributed by atoms with Crippen LogP contribution in [-0.4, -0.2) is 30.6 Å². The molecule has 1 aromatic rings. The zero-order valence-electron chi connectivity index (χ0n) is 10.4. The van der Waals surface area contributed by atoms with Gasteiger partial charge in [-0.15, -0.1) is 0 Å². The van der Waals surface area contributed by atoms with Crippen molar-refractivity contribution >= 4 is 17.5 Å². The molecule has 0 aromatic carbocycles. The van der Waals surface area contributed by atoms with Crippen molar-refractivity contribution in [2.24, 2.45) is 0 Å². The van der Waals surface area contributed by atoms with E-state index < -0.39 is 5.54 Å². The molecule has 1 aliphatic heterocycles. The Morgan fingerprint density at radius 3 is 2.83 bits per heavy atom. The zero-order chi connectivity index (χ0) is 13.3. The third-order valence-corrected chi connectivity index (χ3v) is 3.53. The largest absolute Gasteiger partial charge is 0.618 e. The summed E-state index contributed by atoms with van der Waals surface area (Å²) in [4.78, 5) is 13.6. The van der Waals surface area contributed by atoms with Gasteiger partial charge >= 0.3 is 0 Å². The van der Waals surface area contributed by atoms with Gasteiger partial charge in [0.15, 0.2) is 6.20 Å². The summed E-state index contributed by atoms with van der Waals surface area (Å²) in [7, 11) is 0. The first kappa shape index (κ1) is 13.1. The predicted octanol–water partition coefficient (Wildman–Crippen LogP) is 1.07. The summed E-state index contributed by atoms with van der Waals surface area (Å²) >= 11 is 5.70. The van der Waals surface area contributed by atoms with E-state index in [-0.39, 0.29) is 17.7 Å². The van der Waals surface area contributed by atoms with Crippen LogP contribution in [0.3, 0.4) is 0 Å². The van der Waals surface area contributed by atoms with Gasteiger partial charge in [0.1, 0.15) is 6.61 Å². The molecule has 1 aromatic heterocycles. The number of aromatic nitrogens is 1. The molecule has 1 aliphatic rings. The molecule has 18 heavy (non-hydrogen) atoms. The highest BCUT2D eigenvalue weighted by Crippen LogP contribution is 2.28. The van der Waals surface area contributed by atoms with Gasteiger partial charge < -0.3 is 14.8 Å². The third kappa shape index (κ3) is 2.28. The SMILES string of the molecule is CC(C)(c1ccc(Cl)[n+]([O-])c1)N1CCOCC1=O. The normalized spacial score (nSPS) is 17.1. The second-order valence-corrected chi connectivity index (χ2v) is 5.11. The first-order valence-electron chi connectivity index (χ1n) is 5.70. The van der Waals surface area contributed by atoms with Crippen molar-refractivity contribution in [1.82, 2.24) is 4.90 Å². The lowest BCUT2D eigenvalue weighted by Gasteiger charge is -2.40. The van der Waals surface area contributed by atoms with Crippen LogP contribution in [0.15, 0.2) is 18.3 Å². The molecule has 0 spiro atoms. The molecule has 1 fully saturated rings. The molecule has 2 rings (SSSR count). The van der Waals surface area contributed by atoms with E-state index in [4.69, 9.17) is 16.3 Å². The number of halogens is 1. The fourth-order valence-corrected chi connectivity index (χ4v) is 2.20. The molecule has 0 atom stereocenters. The van der Waals surface area contributed by atoms with Crippen molar-refractivity contribution in [1.29, 1.82) is 0 Å². The zero-order valence-corrected chi connectivity index (χ0v) is 11.1. The van der Waals surface area contributed by atoms with Crippen LogP contribution in [0, 0.1) is 5.21 Å². The summed E-state index contributed by atoms with van der Waals surface area (Å²) in [6.07, 6.45) is 1.41. The predicted molar refractivity (Wildman–Crippen MR) is 66.0 cm³/mol. The number of amides is 1. The number of carbonyl (C=O) groups excluding carboxylic acids is 1. The lowest BCUT2D eigenvalue weighted by molar-refractivity contribution is -0.603. The van der Waals surface area contributed by atoms with Gasteiger partial charge in [-0.2, -0.15) is 4.73 Å². The highest BCUT2D eigenvalue weighted by atomic mass is 35.5. The van der Waals surface area contributed by atoms with E-state index >= 15 is 0 Å². The van der Waals surface area contributed by atoms with Crippen LogP contribution < -0.4 is 4.73 Å². The van der Waals surface area contributed by atoms with Gasteiger partial charge in [0.2, 0.25) is 5.91 Å². The van der Waals surface area contributed by atoms with Crippen molar-refractivity contribution in [3.8, 4) is 0 Å². The van der Waals surface area contributed by atoms with Gasteiger partial charge in [-0.05, 0) is 31.5 Å². The van der Waals surface area contributed by atoms with Crippen LogP contribution in [0.2, 0.25) is 5.15 Å². The molecule has 5 nitrogen and oxygen atoms in total. The van der Waals surface area contributed by atoms with E-state index in [0.29, 0.717) is 17.9 Å². The molecule has 1 amide bonds. The number of nitrogens with zero attached hydrogens (tertiary/aromatic N) is 2. The van der Waals surface area contributed by atoms with E-state index in [2.05, 4.69) is 0 Å². The molecular weight excluding hydrogens is 256 g/mol. The molecular formula is C12H15ClN2O3. The van der Waals surface area contributed by atoms with Crippen LogP contribution in [-0.2, 0) is 15.1 Å². The summed E-state index contributed by atoms with van der Waals surface area (Å²) in [6, 6.07) is 3.30. The monoisotopic (exact) mass is 270 g/mol. The fourth-order valence-electron chi connectivity index (χ4n) is 2.09. The van der Waals surface area contributed by atoms with Crippen molar-refractivity contribution in [3.05, 3.63) is 34.3 Å². The highest BCUT2D eigenvalue weighted by molar-refractivity contribution is 6.28. The van der Waals surface area contributed by atoms with Crippen molar-refractivity contribution in [2.75, 3.05) is 19.8 Å². The second kappa shape index (κ2) is 4.74. The number of pyridine rings is 1. The molecule has 0 saturated carbocycles. The number of morpholine rings is 1. The third-order valence-electron chi connectivity index (χ3n) is 3.23. The minimum absolute atomic E-state index is 0.0707. The highest BCUT2D eigenvalue weighted by Gasteiger charge is 2.35. The fraction of sp³-hybridized carbons (Fsp3) is 0.500. The Morgan fingerprint density at radius 2 is 2.22 bits per heavy atom. The Balaban J connectivity index is 2.34. The van der Waals surface area contributed by atoms with Crippen LogP contribution >= 0.6 is 11.6 Å². The van der Waals surface area contributed by atoms with Crippen LogP contribution in [0.4, 0.5) is 0 Å². The van der Waals surface area contributed by atoms with Crippen LogP contribution in [0.25, 0.3) is 0 Å². The number of ether oxygens (including phenoxy) is 1. The maximum Gasteiger partial charge on any atom is 0.286 e. The number of rotatable bonds is 2. The minimum atomic E-state index is -0.558. The first-order chi connectivity index (χ1) is 8.43. The molecule has 0 N–H and O–H groups in total. The van der Waals surface area contributed by atoms with Crippen LogP contribution in [0.1, 0.15) is 19.4 Å². The van der Waals surface area contributed by atoms with Gasteiger partial charge in [0.05, 0.1) is 12.1 Å². The van der Waals surface area contributed by atoms with Gasteiger partial charge in [0.25, 0.3) is 5.15 Å². The van der Waals surface area contributed by atoms with Gasteiger partial charge in [-0.3, -0.25) is 4.79 Å². The molecule has 2 heterocycles. The topological polar surface area (TPSA) is 56.5 Å². The number of hydrogen-bond acceptors (Lipinski definition) is 3. The molecule has 0 radical (unpaired) electrons. The molecule has 0 bridgehead atoms. The minimum Gasteiger partial charge on any atom is -0.618 e. The van der Waals surface area contributed by atoms with Crippen molar-refractivity contribution < 1.29 is 14.3 Å². The van der Waals surface area contributed by atoms with Gasteiger partial charge in [0, 0.05) is 18.2 Å². The summed E-state index contributed by atoms with van der Waals surface area (Å²) < 4.78 is 5.71. The smallest absolute Gasteiger partial charge is 0.286 e. The summed E-state index contributed by atoms with van der Waals surface area (Å²) in [5.74, 6) is -0.0707. The Morgan fingerprint density at radius 1 is 1.50 bits per heavy atom. The molecule has 98 valence electrons. The summed E-state index contributed by atoms with van der Waals surface area (Å²) in [6.45, 7) is 4.93. The molecule has 0 unspecified atom stereocenters. The standard InChI is InChI=1S/C12H15ClN2O3/c1-12(2,14-5-6-18-8-11(14)16)9-3-4-10(13)15(17)7-9/h3-4,7H,5-6,8H2,1-2H3. The summed E-state index contributed by atoms with van der Waals surface area (Å²) in [5, 5.41) is 11.6.